The number of halogens is 4. The van der Waals surface area contributed by atoms with Crippen LogP contribution < -0.4 is 10.9 Å². The third kappa shape index (κ3) is 3.14. The van der Waals surface area contributed by atoms with Crippen LogP contribution in [0.5, 0.6) is 0 Å². The first-order valence-corrected chi connectivity index (χ1v) is 5.72. The average Bonchev–Trinajstić information content (AvgIpc) is 2.13. The van der Waals surface area contributed by atoms with Crippen molar-refractivity contribution in [2.75, 3.05) is 0 Å². The van der Waals surface area contributed by atoms with Crippen molar-refractivity contribution in [2.45, 2.75) is 17.1 Å². The van der Waals surface area contributed by atoms with Crippen LogP contribution in [0.1, 0.15) is 11.6 Å². The predicted octanol–water partition coefficient (Wildman–Crippen LogP) is 1.04. The molecule has 0 spiro atoms. The normalized spacial score (nSPS) is 14.7. The van der Waals surface area contributed by atoms with Crippen LogP contribution in [0, 0.1) is 5.82 Å². The minimum atomic E-state index is -4.82. The van der Waals surface area contributed by atoms with Crippen LogP contribution in [0.2, 0.25) is 0 Å². The molecular formula is C8H8F4N2O2S. The zero-order valence-corrected chi connectivity index (χ0v) is 9.02. The topological polar surface area (TPSA) is 86.2 Å². The van der Waals surface area contributed by atoms with E-state index in [1.807, 2.05) is 0 Å². The molecule has 0 amide bonds. The summed E-state index contributed by atoms with van der Waals surface area (Å²) in [6.45, 7) is 0. The van der Waals surface area contributed by atoms with E-state index < -0.39 is 38.5 Å². The van der Waals surface area contributed by atoms with Gasteiger partial charge in [0.25, 0.3) is 0 Å². The van der Waals surface area contributed by atoms with Gasteiger partial charge in [0.05, 0.1) is 4.90 Å². The number of rotatable bonds is 2. The fourth-order valence-electron chi connectivity index (χ4n) is 1.11. The molecule has 17 heavy (non-hydrogen) atoms. The number of alkyl halides is 3. The Labute approximate surface area is 94.3 Å². The maximum Gasteiger partial charge on any atom is 0.407 e. The number of hydrogen-bond acceptors (Lipinski definition) is 3. The summed E-state index contributed by atoms with van der Waals surface area (Å²) >= 11 is 0. The molecular weight excluding hydrogens is 264 g/mol. The third-order valence-corrected chi connectivity index (χ3v) is 2.90. The van der Waals surface area contributed by atoms with Gasteiger partial charge in [-0.1, -0.05) is 6.07 Å². The standard InChI is InChI=1S/C8H8F4N2O2S/c9-6-3-4(17(14,15)16)1-2-5(6)7(13)8(10,11)12/h1-3,7H,13H2,(H2,14,15,16)/t7-/m0/s1. The third-order valence-electron chi connectivity index (χ3n) is 1.99. The molecule has 1 aromatic rings. The van der Waals surface area contributed by atoms with Gasteiger partial charge in [0.15, 0.2) is 0 Å². The van der Waals surface area contributed by atoms with Crippen LogP contribution in [0.15, 0.2) is 23.1 Å². The lowest BCUT2D eigenvalue weighted by Gasteiger charge is -2.16. The molecule has 96 valence electrons. The first-order chi connectivity index (χ1) is 7.53. The van der Waals surface area contributed by atoms with Gasteiger partial charge < -0.3 is 5.73 Å². The molecule has 0 aliphatic rings. The summed E-state index contributed by atoms with van der Waals surface area (Å²) in [6.07, 6.45) is -4.82. The Morgan fingerprint density at radius 1 is 1.24 bits per heavy atom. The van der Waals surface area contributed by atoms with Crippen molar-refractivity contribution < 1.29 is 26.0 Å². The number of sulfonamides is 1. The molecule has 1 atom stereocenters. The lowest BCUT2D eigenvalue weighted by molar-refractivity contribution is -0.149. The monoisotopic (exact) mass is 272 g/mol. The molecule has 0 aliphatic carbocycles. The van der Waals surface area contributed by atoms with Crippen LogP contribution in [0.3, 0.4) is 0 Å². The second kappa shape index (κ2) is 4.24. The van der Waals surface area contributed by atoms with Gasteiger partial charge in [-0.25, -0.2) is 17.9 Å². The fourth-order valence-corrected chi connectivity index (χ4v) is 1.64. The minimum Gasteiger partial charge on any atom is -0.316 e. The largest absolute Gasteiger partial charge is 0.407 e. The molecule has 0 bridgehead atoms. The molecule has 0 radical (unpaired) electrons. The van der Waals surface area contributed by atoms with Gasteiger partial charge in [0.2, 0.25) is 10.0 Å². The quantitative estimate of drug-likeness (QED) is 0.788. The first kappa shape index (κ1) is 13.9. The molecule has 1 aromatic carbocycles. The van der Waals surface area contributed by atoms with Crippen molar-refractivity contribution >= 4 is 10.0 Å². The SMILES string of the molecule is N[C@@H](c1ccc(S(N)(=O)=O)cc1F)C(F)(F)F. The van der Waals surface area contributed by atoms with Gasteiger partial charge in [-0.15, -0.1) is 0 Å². The number of primary sulfonamides is 1. The van der Waals surface area contributed by atoms with E-state index in [0.717, 1.165) is 6.07 Å². The van der Waals surface area contributed by atoms with Crippen molar-refractivity contribution in [1.29, 1.82) is 0 Å². The molecule has 0 saturated carbocycles. The highest BCUT2D eigenvalue weighted by Gasteiger charge is 2.39. The van der Waals surface area contributed by atoms with Crippen LogP contribution in [0.25, 0.3) is 0 Å². The summed E-state index contributed by atoms with van der Waals surface area (Å²) in [5.41, 5.74) is 3.94. The van der Waals surface area contributed by atoms with E-state index in [1.54, 1.807) is 0 Å². The molecule has 0 aromatic heterocycles. The maximum atomic E-state index is 13.3. The van der Waals surface area contributed by atoms with Gasteiger partial charge >= 0.3 is 6.18 Å². The summed E-state index contributed by atoms with van der Waals surface area (Å²) < 4.78 is 71.5. The van der Waals surface area contributed by atoms with Crippen molar-refractivity contribution in [1.82, 2.24) is 0 Å². The Morgan fingerprint density at radius 2 is 1.76 bits per heavy atom. The van der Waals surface area contributed by atoms with Crippen LogP contribution >= 0.6 is 0 Å². The van der Waals surface area contributed by atoms with E-state index in [-0.39, 0.29) is 0 Å². The predicted molar refractivity (Wildman–Crippen MR) is 50.8 cm³/mol. The Hall–Kier alpha value is -1.19. The van der Waals surface area contributed by atoms with Gasteiger partial charge in [-0.2, -0.15) is 13.2 Å². The van der Waals surface area contributed by atoms with E-state index in [9.17, 15) is 26.0 Å². The van der Waals surface area contributed by atoms with Crippen molar-refractivity contribution in [2.24, 2.45) is 10.9 Å². The Kier molecular flexibility index (Phi) is 3.46. The molecule has 0 saturated heterocycles. The molecule has 0 fully saturated rings. The van der Waals surface area contributed by atoms with E-state index in [1.165, 1.54) is 0 Å². The summed E-state index contributed by atoms with van der Waals surface area (Å²) in [4.78, 5) is -0.617. The van der Waals surface area contributed by atoms with Crippen molar-refractivity contribution in [3.05, 3.63) is 29.6 Å². The second-order valence-corrected chi connectivity index (χ2v) is 4.81. The molecule has 1 rings (SSSR count). The Bertz CT molecular complexity index is 527. The second-order valence-electron chi connectivity index (χ2n) is 3.25. The highest BCUT2D eigenvalue weighted by atomic mass is 32.2. The lowest BCUT2D eigenvalue weighted by atomic mass is 10.1. The summed E-state index contributed by atoms with van der Waals surface area (Å²) in [5.74, 6) is -1.37. The smallest absolute Gasteiger partial charge is 0.316 e. The average molecular weight is 272 g/mol. The molecule has 0 heterocycles. The molecule has 4 nitrogen and oxygen atoms in total. The van der Waals surface area contributed by atoms with Gasteiger partial charge in [-0.3, -0.25) is 0 Å². The summed E-state index contributed by atoms with van der Waals surface area (Å²) in [5, 5.41) is 4.69. The zero-order valence-electron chi connectivity index (χ0n) is 8.20. The molecule has 9 heteroatoms. The maximum absolute atomic E-state index is 13.3. The highest BCUT2D eigenvalue weighted by Crippen LogP contribution is 2.32. The van der Waals surface area contributed by atoms with Crippen molar-refractivity contribution in [3.8, 4) is 0 Å². The number of nitrogens with two attached hydrogens (primary N) is 2. The van der Waals surface area contributed by atoms with Gasteiger partial charge in [0.1, 0.15) is 11.9 Å². The van der Waals surface area contributed by atoms with Crippen LogP contribution in [-0.4, -0.2) is 14.6 Å². The number of benzene rings is 1. The molecule has 0 unspecified atom stereocenters. The van der Waals surface area contributed by atoms with Crippen molar-refractivity contribution in [3.63, 3.8) is 0 Å². The number of hydrogen-bond donors (Lipinski definition) is 2. The van der Waals surface area contributed by atoms with E-state index in [4.69, 9.17) is 5.73 Å². The van der Waals surface area contributed by atoms with E-state index in [0.29, 0.717) is 12.1 Å². The summed E-state index contributed by atoms with van der Waals surface area (Å²) in [6, 6.07) is -0.708. The van der Waals surface area contributed by atoms with Gasteiger partial charge in [-0.05, 0) is 12.1 Å². The highest BCUT2D eigenvalue weighted by molar-refractivity contribution is 7.89. The first-order valence-electron chi connectivity index (χ1n) is 4.18. The Balaban J connectivity index is 3.24. The molecule has 4 N–H and O–H groups in total. The Morgan fingerprint density at radius 3 is 2.12 bits per heavy atom. The van der Waals surface area contributed by atoms with E-state index in [2.05, 4.69) is 5.14 Å². The van der Waals surface area contributed by atoms with Crippen LogP contribution in [0.4, 0.5) is 17.6 Å². The van der Waals surface area contributed by atoms with Crippen LogP contribution in [-0.2, 0) is 10.0 Å². The summed E-state index contributed by atoms with van der Waals surface area (Å²) in [7, 11) is -4.17. The minimum absolute atomic E-state index is 0.399. The zero-order chi connectivity index (χ0) is 13.4. The fraction of sp³-hybridized carbons (Fsp3) is 0.250. The molecule has 0 aliphatic heterocycles. The van der Waals surface area contributed by atoms with E-state index >= 15 is 0 Å². The lowest BCUT2D eigenvalue weighted by Crippen LogP contribution is -2.29. The van der Waals surface area contributed by atoms with Gasteiger partial charge in [0, 0.05) is 5.56 Å².